The average molecular weight is 232 g/mol. The predicted octanol–water partition coefficient (Wildman–Crippen LogP) is 3.69. The zero-order valence-corrected chi connectivity index (χ0v) is 10.5. The fourth-order valence-electron chi connectivity index (χ4n) is 1.62. The van der Waals surface area contributed by atoms with Gasteiger partial charge in [0.25, 0.3) is 0 Å². The Labute approximate surface area is 103 Å². The Morgan fingerprint density at radius 2 is 1.94 bits per heavy atom. The van der Waals surface area contributed by atoms with Gasteiger partial charge in [0.1, 0.15) is 11.8 Å². The fourth-order valence-corrected chi connectivity index (χ4v) is 1.62. The van der Waals surface area contributed by atoms with Crippen LogP contribution in [0.4, 0.5) is 0 Å². The van der Waals surface area contributed by atoms with Crippen LogP contribution in [-0.4, -0.2) is 11.6 Å². The largest absolute Gasteiger partial charge is 0.478 e. The summed E-state index contributed by atoms with van der Waals surface area (Å²) >= 11 is 0. The van der Waals surface area contributed by atoms with Crippen LogP contribution in [0.5, 0.6) is 5.88 Å². The van der Waals surface area contributed by atoms with Crippen LogP contribution in [0.1, 0.15) is 51.1 Å². The zero-order chi connectivity index (χ0) is 12.3. The predicted molar refractivity (Wildman–Crippen MR) is 67.8 cm³/mol. The van der Waals surface area contributed by atoms with Crippen molar-refractivity contribution in [1.29, 1.82) is 5.26 Å². The van der Waals surface area contributed by atoms with Crippen molar-refractivity contribution in [2.45, 2.75) is 45.4 Å². The third-order valence-electron chi connectivity index (χ3n) is 2.59. The van der Waals surface area contributed by atoms with Crippen LogP contribution in [0.3, 0.4) is 0 Å². The highest BCUT2D eigenvalue weighted by Gasteiger charge is 1.97. The van der Waals surface area contributed by atoms with Gasteiger partial charge in [-0.25, -0.2) is 4.98 Å². The fraction of sp³-hybridized carbons (Fsp3) is 0.571. The van der Waals surface area contributed by atoms with E-state index in [0.29, 0.717) is 18.2 Å². The summed E-state index contributed by atoms with van der Waals surface area (Å²) in [7, 11) is 0. The molecule has 0 atom stereocenters. The molecule has 0 amide bonds. The molecule has 0 N–H and O–H groups in total. The van der Waals surface area contributed by atoms with E-state index in [2.05, 4.69) is 11.9 Å². The standard InChI is InChI=1S/C14H20N2O/c1-2-3-4-5-6-7-11-17-14-10-8-9-13(12-15)16-14/h8-10H,2-7,11H2,1H3. The van der Waals surface area contributed by atoms with Gasteiger partial charge in [-0.05, 0) is 12.5 Å². The Hall–Kier alpha value is -1.56. The van der Waals surface area contributed by atoms with E-state index in [1.165, 1.54) is 32.1 Å². The highest BCUT2D eigenvalue weighted by atomic mass is 16.5. The summed E-state index contributed by atoms with van der Waals surface area (Å²) in [5.74, 6) is 0.553. The van der Waals surface area contributed by atoms with E-state index in [-0.39, 0.29) is 0 Å². The molecule has 92 valence electrons. The first-order valence-corrected chi connectivity index (χ1v) is 6.36. The van der Waals surface area contributed by atoms with Crippen LogP contribution in [0, 0.1) is 11.3 Å². The van der Waals surface area contributed by atoms with E-state index in [9.17, 15) is 0 Å². The second-order valence-electron chi connectivity index (χ2n) is 4.09. The van der Waals surface area contributed by atoms with Crippen LogP contribution < -0.4 is 4.74 Å². The number of unbranched alkanes of at least 4 members (excludes halogenated alkanes) is 5. The van der Waals surface area contributed by atoms with Gasteiger partial charge in [0, 0.05) is 6.07 Å². The average Bonchev–Trinajstić information content (AvgIpc) is 2.38. The van der Waals surface area contributed by atoms with Crippen LogP contribution in [0.25, 0.3) is 0 Å². The maximum absolute atomic E-state index is 8.69. The summed E-state index contributed by atoms with van der Waals surface area (Å²) < 4.78 is 5.49. The van der Waals surface area contributed by atoms with Gasteiger partial charge >= 0.3 is 0 Å². The van der Waals surface area contributed by atoms with Crippen molar-refractivity contribution in [2.24, 2.45) is 0 Å². The number of nitriles is 1. The summed E-state index contributed by atoms with van der Waals surface area (Å²) in [5, 5.41) is 8.69. The monoisotopic (exact) mass is 232 g/mol. The summed E-state index contributed by atoms with van der Waals surface area (Å²) in [5.41, 5.74) is 0.408. The first-order chi connectivity index (χ1) is 8.36. The van der Waals surface area contributed by atoms with E-state index < -0.39 is 0 Å². The molecule has 0 aliphatic heterocycles. The van der Waals surface area contributed by atoms with Gasteiger partial charge < -0.3 is 4.74 Å². The molecule has 0 aliphatic carbocycles. The topological polar surface area (TPSA) is 45.9 Å². The highest BCUT2D eigenvalue weighted by molar-refractivity contribution is 5.24. The van der Waals surface area contributed by atoms with Gasteiger partial charge in [-0.3, -0.25) is 0 Å². The number of rotatable bonds is 8. The Morgan fingerprint density at radius 1 is 1.18 bits per heavy atom. The molecule has 0 spiro atoms. The van der Waals surface area contributed by atoms with Crippen molar-refractivity contribution in [3.63, 3.8) is 0 Å². The molecule has 0 saturated heterocycles. The lowest BCUT2D eigenvalue weighted by Crippen LogP contribution is -1.99. The van der Waals surface area contributed by atoms with Gasteiger partial charge in [-0.1, -0.05) is 45.1 Å². The SMILES string of the molecule is CCCCCCCCOc1cccc(C#N)n1. The zero-order valence-electron chi connectivity index (χ0n) is 10.5. The molecule has 0 unspecified atom stereocenters. The molecule has 1 aromatic rings. The van der Waals surface area contributed by atoms with Crippen molar-refractivity contribution in [3.05, 3.63) is 23.9 Å². The van der Waals surface area contributed by atoms with Crippen molar-refractivity contribution < 1.29 is 4.74 Å². The molecule has 0 bridgehead atoms. The highest BCUT2D eigenvalue weighted by Crippen LogP contribution is 2.09. The summed E-state index contributed by atoms with van der Waals surface area (Å²) in [6, 6.07) is 7.26. The molecule has 1 heterocycles. The molecule has 1 aromatic heterocycles. The molecule has 1 rings (SSSR count). The minimum absolute atomic E-state index is 0.408. The van der Waals surface area contributed by atoms with E-state index in [0.717, 1.165) is 6.42 Å². The van der Waals surface area contributed by atoms with E-state index in [1.54, 1.807) is 18.2 Å². The van der Waals surface area contributed by atoms with Crippen molar-refractivity contribution >= 4 is 0 Å². The first-order valence-electron chi connectivity index (χ1n) is 6.36. The van der Waals surface area contributed by atoms with E-state index in [1.807, 2.05) is 6.07 Å². The van der Waals surface area contributed by atoms with Crippen molar-refractivity contribution in [2.75, 3.05) is 6.61 Å². The van der Waals surface area contributed by atoms with Crippen molar-refractivity contribution in [3.8, 4) is 11.9 Å². The lowest BCUT2D eigenvalue weighted by atomic mass is 10.1. The minimum atomic E-state index is 0.408. The summed E-state index contributed by atoms with van der Waals surface area (Å²) in [6.45, 7) is 2.91. The lowest BCUT2D eigenvalue weighted by molar-refractivity contribution is 0.293. The normalized spacial score (nSPS) is 9.88. The lowest BCUT2D eigenvalue weighted by Gasteiger charge is -2.04. The van der Waals surface area contributed by atoms with Crippen LogP contribution in [-0.2, 0) is 0 Å². The molecular formula is C14H20N2O. The Bertz CT molecular complexity index is 357. The molecule has 0 radical (unpaired) electrons. The number of pyridine rings is 1. The van der Waals surface area contributed by atoms with Crippen LogP contribution in [0.2, 0.25) is 0 Å². The minimum Gasteiger partial charge on any atom is -0.478 e. The van der Waals surface area contributed by atoms with Crippen LogP contribution >= 0.6 is 0 Å². The Morgan fingerprint density at radius 3 is 2.71 bits per heavy atom. The Balaban J connectivity index is 2.12. The molecule has 3 heteroatoms. The smallest absolute Gasteiger partial charge is 0.214 e. The van der Waals surface area contributed by atoms with E-state index in [4.69, 9.17) is 10.00 Å². The number of hydrogen-bond donors (Lipinski definition) is 0. The molecule has 0 aromatic carbocycles. The van der Waals surface area contributed by atoms with Gasteiger partial charge in [0.15, 0.2) is 0 Å². The second-order valence-corrected chi connectivity index (χ2v) is 4.09. The third-order valence-corrected chi connectivity index (χ3v) is 2.59. The molecular weight excluding hydrogens is 212 g/mol. The summed E-state index contributed by atoms with van der Waals surface area (Å²) in [4.78, 5) is 4.06. The number of nitrogens with zero attached hydrogens (tertiary/aromatic N) is 2. The Kier molecular flexibility index (Phi) is 6.81. The molecule has 0 saturated carbocycles. The maximum atomic E-state index is 8.69. The molecule has 17 heavy (non-hydrogen) atoms. The van der Waals surface area contributed by atoms with Crippen LogP contribution in [0.15, 0.2) is 18.2 Å². The number of ether oxygens (including phenoxy) is 1. The van der Waals surface area contributed by atoms with Gasteiger partial charge in [-0.15, -0.1) is 0 Å². The number of aromatic nitrogens is 1. The third kappa shape index (κ3) is 5.91. The quantitative estimate of drug-likeness (QED) is 0.642. The first kappa shape index (κ1) is 13.5. The molecule has 3 nitrogen and oxygen atoms in total. The summed E-state index contributed by atoms with van der Waals surface area (Å²) in [6.07, 6.45) is 7.47. The van der Waals surface area contributed by atoms with Gasteiger partial charge in [0.05, 0.1) is 6.61 Å². The second kappa shape index (κ2) is 8.58. The maximum Gasteiger partial charge on any atom is 0.214 e. The number of hydrogen-bond acceptors (Lipinski definition) is 3. The van der Waals surface area contributed by atoms with Gasteiger partial charge in [0.2, 0.25) is 5.88 Å². The van der Waals surface area contributed by atoms with E-state index >= 15 is 0 Å². The molecule has 0 fully saturated rings. The van der Waals surface area contributed by atoms with Crippen molar-refractivity contribution in [1.82, 2.24) is 4.98 Å². The molecule has 0 aliphatic rings. The van der Waals surface area contributed by atoms with Gasteiger partial charge in [-0.2, -0.15) is 5.26 Å².